The molecule has 0 atom stereocenters. The van der Waals surface area contributed by atoms with Gasteiger partial charge in [-0.15, -0.1) is 10.2 Å². The van der Waals surface area contributed by atoms with E-state index in [-0.39, 0.29) is 11.4 Å². The van der Waals surface area contributed by atoms with E-state index in [1.807, 2.05) is 11.0 Å². The van der Waals surface area contributed by atoms with Crippen molar-refractivity contribution in [2.24, 2.45) is 0 Å². The van der Waals surface area contributed by atoms with Gasteiger partial charge in [-0.05, 0) is 39.4 Å². The monoisotopic (exact) mass is 291 g/mol. The standard InChI is InChI=1S/C15H25N5O/c1-5-19-8-10-20(11-9-19)14(21)12-6-7-13(18-17-12)16-15(2,3)4/h6-7H,5,8-11H2,1-4H3,(H,16,18). The Morgan fingerprint density at radius 3 is 2.33 bits per heavy atom. The van der Waals surface area contributed by atoms with Crippen LogP contribution in [0.2, 0.25) is 0 Å². The van der Waals surface area contributed by atoms with E-state index >= 15 is 0 Å². The lowest BCUT2D eigenvalue weighted by Gasteiger charge is -2.33. The molecule has 1 amide bonds. The molecular weight excluding hydrogens is 266 g/mol. The highest BCUT2D eigenvalue weighted by atomic mass is 16.2. The average molecular weight is 291 g/mol. The zero-order chi connectivity index (χ0) is 15.5. The summed E-state index contributed by atoms with van der Waals surface area (Å²) in [5.41, 5.74) is 0.343. The van der Waals surface area contributed by atoms with Crippen LogP contribution in [0.15, 0.2) is 12.1 Å². The quantitative estimate of drug-likeness (QED) is 0.913. The number of nitrogens with zero attached hydrogens (tertiary/aromatic N) is 4. The summed E-state index contributed by atoms with van der Waals surface area (Å²) in [6.45, 7) is 12.7. The van der Waals surface area contributed by atoms with Gasteiger partial charge in [0, 0.05) is 31.7 Å². The first-order valence-electron chi connectivity index (χ1n) is 7.52. The second-order valence-electron chi connectivity index (χ2n) is 6.41. The Bertz CT molecular complexity index is 472. The minimum absolute atomic E-state index is 0.0273. The average Bonchev–Trinajstić information content (AvgIpc) is 2.46. The molecule has 116 valence electrons. The Morgan fingerprint density at radius 1 is 1.19 bits per heavy atom. The van der Waals surface area contributed by atoms with Crippen LogP contribution in [0.4, 0.5) is 5.82 Å². The number of aromatic nitrogens is 2. The van der Waals surface area contributed by atoms with E-state index in [9.17, 15) is 4.79 Å². The molecule has 6 nitrogen and oxygen atoms in total. The van der Waals surface area contributed by atoms with Gasteiger partial charge in [-0.2, -0.15) is 0 Å². The molecule has 1 saturated heterocycles. The third-order valence-electron chi connectivity index (χ3n) is 3.49. The highest BCUT2D eigenvalue weighted by Gasteiger charge is 2.22. The van der Waals surface area contributed by atoms with Gasteiger partial charge in [0.05, 0.1) is 0 Å². The second-order valence-corrected chi connectivity index (χ2v) is 6.41. The number of piperazine rings is 1. The maximum atomic E-state index is 12.4. The van der Waals surface area contributed by atoms with Crippen molar-refractivity contribution in [1.29, 1.82) is 0 Å². The number of carbonyl (C=O) groups is 1. The summed E-state index contributed by atoms with van der Waals surface area (Å²) >= 11 is 0. The summed E-state index contributed by atoms with van der Waals surface area (Å²) in [6.07, 6.45) is 0. The summed E-state index contributed by atoms with van der Waals surface area (Å²) in [6, 6.07) is 3.56. The van der Waals surface area contributed by atoms with Crippen LogP contribution in [-0.4, -0.2) is 64.2 Å². The van der Waals surface area contributed by atoms with Crippen LogP contribution in [0.1, 0.15) is 38.2 Å². The zero-order valence-corrected chi connectivity index (χ0v) is 13.4. The summed E-state index contributed by atoms with van der Waals surface area (Å²) in [7, 11) is 0. The fraction of sp³-hybridized carbons (Fsp3) is 0.667. The summed E-state index contributed by atoms with van der Waals surface area (Å²) in [5.74, 6) is 0.662. The smallest absolute Gasteiger partial charge is 0.274 e. The molecule has 0 saturated carbocycles. The van der Waals surface area contributed by atoms with Gasteiger partial charge in [-0.3, -0.25) is 4.79 Å². The molecule has 0 unspecified atom stereocenters. The Labute approximate surface area is 126 Å². The van der Waals surface area contributed by atoms with E-state index in [0.29, 0.717) is 11.5 Å². The van der Waals surface area contributed by atoms with E-state index in [4.69, 9.17) is 0 Å². The van der Waals surface area contributed by atoms with E-state index in [2.05, 4.69) is 48.1 Å². The lowest BCUT2D eigenvalue weighted by atomic mass is 10.1. The molecule has 2 heterocycles. The van der Waals surface area contributed by atoms with Gasteiger partial charge >= 0.3 is 0 Å². The Morgan fingerprint density at radius 2 is 1.86 bits per heavy atom. The molecule has 0 aliphatic carbocycles. The molecule has 0 radical (unpaired) electrons. The zero-order valence-electron chi connectivity index (χ0n) is 13.4. The number of hydrogen-bond donors (Lipinski definition) is 1. The van der Waals surface area contributed by atoms with Crippen LogP contribution in [0.5, 0.6) is 0 Å². The molecule has 1 fully saturated rings. The van der Waals surface area contributed by atoms with Crippen LogP contribution in [0, 0.1) is 0 Å². The first kappa shape index (κ1) is 15.7. The molecule has 1 aliphatic rings. The van der Waals surface area contributed by atoms with Crippen molar-refractivity contribution in [3.63, 3.8) is 0 Å². The molecule has 1 N–H and O–H groups in total. The van der Waals surface area contributed by atoms with Gasteiger partial charge < -0.3 is 15.1 Å². The predicted molar refractivity (Wildman–Crippen MR) is 83.4 cm³/mol. The fourth-order valence-electron chi connectivity index (χ4n) is 2.33. The van der Waals surface area contributed by atoms with Crippen LogP contribution >= 0.6 is 0 Å². The van der Waals surface area contributed by atoms with E-state index in [1.165, 1.54) is 0 Å². The lowest BCUT2D eigenvalue weighted by molar-refractivity contribution is 0.0636. The lowest BCUT2D eigenvalue weighted by Crippen LogP contribution is -2.48. The van der Waals surface area contributed by atoms with E-state index < -0.39 is 0 Å². The summed E-state index contributed by atoms with van der Waals surface area (Å²) < 4.78 is 0. The Balaban J connectivity index is 1.97. The number of hydrogen-bond acceptors (Lipinski definition) is 5. The third kappa shape index (κ3) is 4.39. The van der Waals surface area contributed by atoms with Gasteiger partial charge in [-0.1, -0.05) is 6.92 Å². The molecule has 0 aromatic carbocycles. The van der Waals surface area contributed by atoms with Crippen molar-refractivity contribution in [1.82, 2.24) is 20.0 Å². The third-order valence-corrected chi connectivity index (χ3v) is 3.49. The molecular formula is C15H25N5O. The topological polar surface area (TPSA) is 61.4 Å². The number of anilines is 1. The maximum Gasteiger partial charge on any atom is 0.274 e. The molecule has 21 heavy (non-hydrogen) atoms. The van der Waals surface area contributed by atoms with Crippen molar-refractivity contribution < 1.29 is 4.79 Å². The van der Waals surface area contributed by atoms with E-state index in [1.54, 1.807) is 6.07 Å². The number of nitrogens with one attached hydrogen (secondary N) is 1. The van der Waals surface area contributed by atoms with Gasteiger partial charge in [0.25, 0.3) is 5.91 Å². The van der Waals surface area contributed by atoms with Crippen LogP contribution in [0.25, 0.3) is 0 Å². The van der Waals surface area contributed by atoms with Crippen molar-refractivity contribution in [3.8, 4) is 0 Å². The van der Waals surface area contributed by atoms with Crippen LogP contribution in [0.3, 0.4) is 0 Å². The van der Waals surface area contributed by atoms with Crippen molar-refractivity contribution in [2.75, 3.05) is 38.0 Å². The van der Waals surface area contributed by atoms with Gasteiger partial charge in [-0.25, -0.2) is 0 Å². The first-order valence-corrected chi connectivity index (χ1v) is 7.52. The predicted octanol–water partition coefficient (Wildman–Crippen LogP) is 1.46. The SMILES string of the molecule is CCN1CCN(C(=O)c2ccc(NC(C)(C)C)nn2)CC1. The number of carbonyl (C=O) groups excluding carboxylic acids is 1. The van der Waals surface area contributed by atoms with Crippen molar-refractivity contribution >= 4 is 11.7 Å². The largest absolute Gasteiger partial charge is 0.364 e. The van der Waals surface area contributed by atoms with Crippen LogP contribution < -0.4 is 5.32 Å². The summed E-state index contributed by atoms with van der Waals surface area (Å²) in [5, 5.41) is 11.4. The van der Waals surface area contributed by atoms with E-state index in [0.717, 1.165) is 32.7 Å². The molecule has 1 aromatic rings. The number of likely N-dealkylation sites (N-methyl/N-ethyl adjacent to an activating group) is 1. The van der Waals surface area contributed by atoms with Gasteiger partial charge in [0.15, 0.2) is 5.69 Å². The molecule has 0 spiro atoms. The maximum absolute atomic E-state index is 12.4. The van der Waals surface area contributed by atoms with Gasteiger partial charge in [0.2, 0.25) is 0 Å². The fourth-order valence-corrected chi connectivity index (χ4v) is 2.33. The van der Waals surface area contributed by atoms with Crippen LogP contribution in [-0.2, 0) is 0 Å². The van der Waals surface area contributed by atoms with Gasteiger partial charge in [0.1, 0.15) is 5.82 Å². The minimum Gasteiger partial charge on any atom is -0.364 e. The van der Waals surface area contributed by atoms with Crippen molar-refractivity contribution in [2.45, 2.75) is 33.2 Å². The Hall–Kier alpha value is -1.69. The molecule has 1 aromatic heterocycles. The normalized spacial score (nSPS) is 16.9. The minimum atomic E-state index is -0.0727. The molecule has 6 heteroatoms. The Kier molecular flexibility index (Phi) is 4.77. The first-order chi connectivity index (χ1) is 9.89. The highest BCUT2D eigenvalue weighted by Crippen LogP contribution is 2.12. The summed E-state index contributed by atoms with van der Waals surface area (Å²) in [4.78, 5) is 16.6. The number of amides is 1. The second kappa shape index (κ2) is 6.39. The van der Waals surface area contributed by atoms with Crippen molar-refractivity contribution in [3.05, 3.63) is 17.8 Å². The molecule has 2 rings (SSSR count). The number of rotatable bonds is 3. The highest BCUT2D eigenvalue weighted by molar-refractivity contribution is 5.92. The molecule has 1 aliphatic heterocycles. The molecule has 0 bridgehead atoms.